The number of rotatable bonds is 8. The van der Waals surface area contributed by atoms with Gasteiger partial charge in [0.25, 0.3) is 0 Å². The number of hydrogen-bond acceptors (Lipinski definition) is 7. The van der Waals surface area contributed by atoms with Crippen LogP contribution in [0, 0.1) is 0 Å². The topological polar surface area (TPSA) is 153 Å². The Bertz CT molecular complexity index is 1000. The van der Waals surface area contributed by atoms with Gasteiger partial charge < -0.3 is 11.1 Å². The van der Waals surface area contributed by atoms with Crippen LogP contribution in [0.2, 0.25) is 0 Å². The highest BCUT2D eigenvalue weighted by Crippen LogP contribution is 2.44. The Morgan fingerprint density at radius 1 is 1.25 bits per heavy atom. The Kier molecular flexibility index (Phi) is 7.53. The summed E-state index contributed by atoms with van der Waals surface area (Å²) in [6.07, 6.45) is -0.0646. The molecule has 178 valence electrons. The molecule has 1 atom stereocenters. The molecule has 1 aromatic heterocycles. The molecule has 1 saturated carbocycles. The van der Waals surface area contributed by atoms with Crippen LogP contribution >= 0.6 is 0 Å². The van der Waals surface area contributed by atoms with Crippen LogP contribution in [0.25, 0.3) is 11.4 Å². The second kappa shape index (κ2) is 9.81. The molecule has 9 nitrogen and oxygen atoms in total. The molecule has 3 rings (SSSR count). The largest absolute Gasteiger partial charge is 0.417 e. The van der Waals surface area contributed by atoms with Crippen molar-refractivity contribution in [1.82, 2.24) is 25.9 Å². The number of nitrogens with zero attached hydrogens (tertiary/aromatic N) is 3. The molecule has 0 saturated heterocycles. The first-order chi connectivity index (χ1) is 15.0. The summed E-state index contributed by atoms with van der Waals surface area (Å²) in [5, 5.41) is 21.7. The monoisotopic (exact) mass is 475 g/mol. The third-order valence-corrected chi connectivity index (χ3v) is 6.88. The SMILES string of the molecule is CC(CCCN)N[C@H]1CC[C@H](c2ccc(C(F)(F)F)c(S(N)(=O)=O)c2-c2nnn[nH]2)CC1. The van der Waals surface area contributed by atoms with Gasteiger partial charge in [0, 0.05) is 17.6 Å². The number of halogens is 3. The minimum absolute atomic E-state index is 0.157. The minimum atomic E-state index is -4.91. The average Bonchev–Trinajstić information content (AvgIpc) is 3.25. The molecule has 6 N–H and O–H groups in total. The van der Waals surface area contributed by atoms with E-state index in [4.69, 9.17) is 10.9 Å². The molecule has 2 aromatic rings. The number of tetrazole rings is 1. The summed E-state index contributed by atoms with van der Waals surface area (Å²) < 4.78 is 65.5. The van der Waals surface area contributed by atoms with Gasteiger partial charge in [-0.3, -0.25) is 0 Å². The number of primary sulfonamides is 1. The van der Waals surface area contributed by atoms with E-state index in [2.05, 4.69) is 32.9 Å². The van der Waals surface area contributed by atoms with Crippen molar-refractivity contribution in [1.29, 1.82) is 0 Å². The van der Waals surface area contributed by atoms with Crippen molar-refractivity contribution in [2.75, 3.05) is 6.54 Å². The molecular weight excluding hydrogens is 447 g/mol. The molecular formula is C19H28F3N7O2S. The van der Waals surface area contributed by atoms with Crippen molar-refractivity contribution in [2.24, 2.45) is 10.9 Å². The number of hydrogen-bond donors (Lipinski definition) is 4. The molecule has 1 aliphatic carbocycles. The van der Waals surface area contributed by atoms with E-state index in [1.165, 1.54) is 6.07 Å². The molecule has 13 heteroatoms. The fraction of sp³-hybridized carbons (Fsp3) is 0.632. The quantitative estimate of drug-likeness (QED) is 0.457. The lowest BCUT2D eigenvalue weighted by molar-refractivity contribution is -0.139. The lowest BCUT2D eigenvalue weighted by atomic mass is 9.79. The Balaban J connectivity index is 1.95. The van der Waals surface area contributed by atoms with Crippen molar-refractivity contribution in [3.63, 3.8) is 0 Å². The summed E-state index contributed by atoms with van der Waals surface area (Å²) in [5.41, 5.74) is 4.46. The number of aromatic amines is 1. The first kappa shape index (κ1) is 24.6. The fourth-order valence-electron chi connectivity index (χ4n) is 4.45. The second-order valence-corrected chi connectivity index (χ2v) is 9.74. The summed E-state index contributed by atoms with van der Waals surface area (Å²) >= 11 is 0. The summed E-state index contributed by atoms with van der Waals surface area (Å²) in [5.74, 6) is -0.318. The van der Waals surface area contributed by atoms with Crippen LogP contribution in [0.4, 0.5) is 13.2 Å². The maximum Gasteiger partial charge on any atom is 0.417 e. The normalized spacial score (nSPS) is 20.9. The van der Waals surface area contributed by atoms with E-state index in [9.17, 15) is 21.6 Å². The molecule has 32 heavy (non-hydrogen) atoms. The molecule has 0 bridgehead atoms. The zero-order valence-corrected chi connectivity index (χ0v) is 18.5. The zero-order chi connectivity index (χ0) is 23.5. The fourth-order valence-corrected chi connectivity index (χ4v) is 5.44. The van der Waals surface area contributed by atoms with Gasteiger partial charge in [-0.1, -0.05) is 6.07 Å². The third kappa shape index (κ3) is 5.63. The van der Waals surface area contributed by atoms with E-state index < -0.39 is 26.7 Å². The van der Waals surface area contributed by atoms with Crippen molar-refractivity contribution >= 4 is 10.0 Å². The van der Waals surface area contributed by atoms with Crippen molar-refractivity contribution in [2.45, 2.75) is 74.5 Å². The van der Waals surface area contributed by atoms with E-state index in [1.807, 2.05) is 0 Å². The first-order valence-corrected chi connectivity index (χ1v) is 12.0. The average molecular weight is 476 g/mol. The van der Waals surface area contributed by atoms with Crippen molar-refractivity contribution < 1.29 is 21.6 Å². The maximum absolute atomic E-state index is 13.6. The van der Waals surface area contributed by atoms with Gasteiger partial charge in [0.15, 0.2) is 5.82 Å². The maximum atomic E-state index is 13.6. The van der Waals surface area contributed by atoms with Gasteiger partial charge in [-0.05, 0) is 80.0 Å². The van der Waals surface area contributed by atoms with Crippen molar-refractivity contribution in [3.05, 3.63) is 23.3 Å². The number of nitrogens with two attached hydrogens (primary N) is 2. The van der Waals surface area contributed by atoms with Crippen LogP contribution in [-0.2, 0) is 16.2 Å². The van der Waals surface area contributed by atoms with Gasteiger partial charge in [-0.15, -0.1) is 5.10 Å². The Morgan fingerprint density at radius 2 is 1.94 bits per heavy atom. The smallest absolute Gasteiger partial charge is 0.330 e. The number of H-pyrrole nitrogens is 1. The van der Waals surface area contributed by atoms with Crippen LogP contribution in [0.15, 0.2) is 17.0 Å². The van der Waals surface area contributed by atoms with Crippen LogP contribution in [0.3, 0.4) is 0 Å². The molecule has 0 aliphatic heterocycles. The molecule has 1 unspecified atom stereocenters. The highest BCUT2D eigenvalue weighted by molar-refractivity contribution is 7.89. The molecule has 0 radical (unpaired) electrons. The highest BCUT2D eigenvalue weighted by Gasteiger charge is 2.40. The lowest BCUT2D eigenvalue weighted by Gasteiger charge is -2.32. The molecule has 1 fully saturated rings. The molecule has 1 aliphatic rings. The van der Waals surface area contributed by atoms with Crippen LogP contribution < -0.4 is 16.2 Å². The van der Waals surface area contributed by atoms with E-state index in [1.54, 1.807) is 0 Å². The molecule has 1 heterocycles. The summed E-state index contributed by atoms with van der Waals surface area (Å²) in [7, 11) is -4.73. The first-order valence-electron chi connectivity index (χ1n) is 10.5. The summed E-state index contributed by atoms with van der Waals surface area (Å²) in [6.45, 7) is 2.74. The second-order valence-electron chi connectivity index (χ2n) is 8.25. The number of benzene rings is 1. The standard InChI is InChI=1S/C19H28F3N7O2S/c1-11(3-2-10-23)25-13-6-4-12(5-7-13)14-8-9-15(19(20,21)22)17(32(24,30)31)16(14)18-26-28-29-27-18/h8-9,11-13,25H,2-7,10,23H2,1H3,(H2,24,30,31)(H,26,27,28,29)/t11?,12-,13-. The third-order valence-electron chi connectivity index (χ3n) is 5.89. The number of sulfonamides is 1. The van der Waals surface area contributed by atoms with E-state index >= 15 is 0 Å². The van der Waals surface area contributed by atoms with Gasteiger partial charge in [-0.25, -0.2) is 18.7 Å². The van der Waals surface area contributed by atoms with E-state index in [0.717, 1.165) is 31.7 Å². The Hall–Kier alpha value is -2.09. The van der Waals surface area contributed by atoms with Gasteiger partial charge in [-0.2, -0.15) is 13.2 Å². The number of nitrogens with one attached hydrogen (secondary N) is 2. The summed E-state index contributed by atoms with van der Waals surface area (Å²) in [4.78, 5) is -1.00. The van der Waals surface area contributed by atoms with Crippen LogP contribution in [0.1, 0.15) is 62.5 Å². The predicted octanol–water partition coefficient (Wildman–Crippen LogP) is 2.28. The predicted molar refractivity (Wildman–Crippen MR) is 112 cm³/mol. The molecule has 0 amide bonds. The highest BCUT2D eigenvalue weighted by atomic mass is 32.2. The van der Waals surface area contributed by atoms with E-state index in [-0.39, 0.29) is 23.3 Å². The van der Waals surface area contributed by atoms with Gasteiger partial charge >= 0.3 is 6.18 Å². The van der Waals surface area contributed by atoms with Gasteiger partial charge in [0.1, 0.15) is 4.90 Å². The lowest BCUT2D eigenvalue weighted by Crippen LogP contribution is -2.39. The number of alkyl halides is 3. The van der Waals surface area contributed by atoms with Gasteiger partial charge in [0.05, 0.1) is 5.56 Å². The van der Waals surface area contributed by atoms with Crippen LogP contribution in [-0.4, -0.2) is 47.7 Å². The molecule has 1 aromatic carbocycles. The Labute approximate surface area is 184 Å². The summed E-state index contributed by atoms with van der Waals surface area (Å²) in [6, 6.07) is 2.69. The van der Waals surface area contributed by atoms with E-state index in [0.29, 0.717) is 31.0 Å². The van der Waals surface area contributed by atoms with Gasteiger partial charge in [0.2, 0.25) is 10.0 Å². The number of aromatic nitrogens is 4. The van der Waals surface area contributed by atoms with Crippen LogP contribution in [0.5, 0.6) is 0 Å². The molecule has 0 spiro atoms. The minimum Gasteiger partial charge on any atom is -0.330 e. The van der Waals surface area contributed by atoms with Crippen molar-refractivity contribution in [3.8, 4) is 11.4 Å². The Morgan fingerprint density at radius 3 is 2.47 bits per heavy atom. The zero-order valence-electron chi connectivity index (χ0n) is 17.7.